The summed E-state index contributed by atoms with van der Waals surface area (Å²) in [4.78, 5) is 22.8. The van der Waals surface area contributed by atoms with Crippen LogP contribution in [0.25, 0.3) is 0 Å². The Kier molecular flexibility index (Phi) is 10.4. The van der Waals surface area contributed by atoms with Crippen LogP contribution in [-0.4, -0.2) is 31.6 Å². The first-order chi connectivity index (χ1) is 17.7. The van der Waals surface area contributed by atoms with Crippen molar-refractivity contribution in [3.05, 3.63) is 106 Å². The summed E-state index contributed by atoms with van der Waals surface area (Å²) in [5, 5.41) is 8.13. The largest absolute Gasteiger partial charge is 0.464 e. The van der Waals surface area contributed by atoms with Gasteiger partial charge in [-0.25, -0.2) is 9.18 Å². The third kappa shape index (κ3) is 7.73. The number of esters is 1. The minimum absolute atomic E-state index is 0.0290. The molecule has 194 valence electrons. The number of alkyl halides is 3. The molecule has 9 heteroatoms. The van der Waals surface area contributed by atoms with Gasteiger partial charge in [-0.1, -0.05) is 71.0 Å². The Bertz CT molecular complexity index is 1310. The van der Waals surface area contributed by atoms with Gasteiger partial charge in [0, 0.05) is 22.3 Å². The zero-order valence-electron chi connectivity index (χ0n) is 20.9. The zero-order chi connectivity index (χ0) is 27.0. The van der Waals surface area contributed by atoms with E-state index in [-0.39, 0.29) is 12.3 Å². The van der Waals surface area contributed by atoms with Crippen molar-refractivity contribution in [1.82, 2.24) is 0 Å². The number of benzene rings is 3. The van der Waals surface area contributed by atoms with Crippen LogP contribution in [0.4, 0.5) is 4.39 Å². The molecule has 0 bridgehead atoms. The minimum atomic E-state index is -1.64. The summed E-state index contributed by atoms with van der Waals surface area (Å²) in [7, 11) is 2.64. The molecule has 6 nitrogen and oxygen atoms in total. The van der Waals surface area contributed by atoms with Gasteiger partial charge in [0.05, 0.1) is 12.8 Å². The summed E-state index contributed by atoms with van der Waals surface area (Å²) in [6, 6.07) is 21.2. The lowest BCUT2D eigenvalue weighted by Crippen LogP contribution is -2.20. The number of halogens is 3. The Morgan fingerprint density at radius 1 is 0.946 bits per heavy atom. The summed E-state index contributed by atoms with van der Waals surface area (Å²) in [5.41, 5.74) is 6.01. The van der Waals surface area contributed by atoms with E-state index in [1.165, 1.54) is 14.2 Å². The molecule has 0 N–H and O–H groups in total. The van der Waals surface area contributed by atoms with Gasteiger partial charge in [-0.05, 0) is 88.2 Å². The summed E-state index contributed by atoms with van der Waals surface area (Å²) >= 11 is 3.57. The van der Waals surface area contributed by atoms with Crippen molar-refractivity contribution in [3.8, 4) is 0 Å². The fourth-order valence-electron chi connectivity index (χ4n) is 3.83. The second kappa shape index (κ2) is 13.3. The van der Waals surface area contributed by atoms with Crippen molar-refractivity contribution >= 4 is 62.6 Å². The number of hydrogen-bond donors (Lipinski definition) is 0. The van der Waals surface area contributed by atoms with Crippen LogP contribution in [0, 0.1) is 6.92 Å². The van der Waals surface area contributed by atoms with E-state index >= 15 is 4.39 Å². The molecule has 0 saturated heterocycles. The predicted molar refractivity (Wildman–Crippen MR) is 160 cm³/mol. The second-order valence-corrected chi connectivity index (χ2v) is 13.2. The Morgan fingerprint density at radius 3 is 2.32 bits per heavy atom. The fourth-order valence-corrected chi connectivity index (χ4v) is 4.72. The quantitative estimate of drug-likeness (QED) is 0.0742. The lowest BCUT2D eigenvalue weighted by Gasteiger charge is -2.18. The van der Waals surface area contributed by atoms with Crippen molar-refractivity contribution in [2.24, 2.45) is 10.3 Å². The van der Waals surface area contributed by atoms with E-state index in [0.29, 0.717) is 34.4 Å². The van der Waals surface area contributed by atoms with Crippen LogP contribution < -0.4 is 0 Å². The number of methoxy groups -OCH3 is 1. The van der Waals surface area contributed by atoms with Crippen molar-refractivity contribution in [2.45, 2.75) is 28.6 Å². The van der Waals surface area contributed by atoms with Gasteiger partial charge in [-0.3, -0.25) is 0 Å². The van der Waals surface area contributed by atoms with Gasteiger partial charge in [-0.2, -0.15) is 0 Å². The molecule has 3 aromatic rings. The molecule has 0 spiro atoms. The highest BCUT2D eigenvalue weighted by Gasteiger charge is 2.28. The van der Waals surface area contributed by atoms with Crippen molar-refractivity contribution < 1.29 is 23.6 Å². The molecule has 0 amide bonds. The molecule has 0 unspecified atom stereocenters. The molecular formula is C28H27FI2N2O4. The highest BCUT2D eigenvalue weighted by Crippen LogP contribution is 2.43. The molecule has 0 radical (unpaired) electrons. The number of ether oxygens (including phenoxy) is 1. The van der Waals surface area contributed by atoms with E-state index in [9.17, 15) is 4.79 Å². The SMILES string of the molecule is CO/N=C(/C(=O)OC)c1cccc(C)c1CO/N=C(\C)c1ccc(Cc2ccccc2)cc1C(F)(I)I. The minimum Gasteiger partial charge on any atom is -0.464 e. The van der Waals surface area contributed by atoms with Crippen LogP contribution in [0.2, 0.25) is 0 Å². The van der Waals surface area contributed by atoms with Crippen LogP contribution in [0.1, 0.15) is 45.9 Å². The number of hydrogen-bond acceptors (Lipinski definition) is 6. The third-order valence-electron chi connectivity index (χ3n) is 5.67. The number of carbonyl (C=O) groups is 1. The first kappa shape index (κ1) is 29.0. The van der Waals surface area contributed by atoms with E-state index in [1.54, 1.807) is 58.2 Å². The van der Waals surface area contributed by atoms with Gasteiger partial charge in [0.25, 0.3) is 0 Å². The molecule has 0 aliphatic carbocycles. The van der Waals surface area contributed by atoms with Gasteiger partial charge in [0.1, 0.15) is 13.7 Å². The Labute approximate surface area is 243 Å². The number of carbonyl (C=O) groups excluding carboxylic acids is 1. The molecular weight excluding hydrogens is 701 g/mol. The van der Waals surface area contributed by atoms with Crippen molar-refractivity contribution in [3.63, 3.8) is 0 Å². The van der Waals surface area contributed by atoms with Gasteiger partial charge in [-0.15, -0.1) is 0 Å². The molecule has 0 aromatic heterocycles. The lowest BCUT2D eigenvalue weighted by atomic mass is 9.98. The standard InChI is InChI=1S/C28H27FI2N2O4/c1-18-9-8-12-23(26(33-36-4)27(34)35-3)24(18)17-37-32-19(2)22-14-13-21(16-25(22)28(29,30)31)15-20-10-6-5-7-11-20/h5-14,16H,15,17H2,1-4H3/b32-19+,33-26+. The Balaban J connectivity index is 1.88. The van der Waals surface area contributed by atoms with Crippen molar-refractivity contribution in [1.29, 1.82) is 0 Å². The molecule has 0 aliphatic rings. The molecule has 37 heavy (non-hydrogen) atoms. The molecule has 0 fully saturated rings. The van der Waals surface area contributed by atoms with E-state index in [4.69, 9.17) is 14.4 Å². The topological polar surface area (TPSA) is 69.5 Å². The van der Waals surface area contributed by atoms with Crippen LogP contribution in [0.3, 0.4) is 0 Å². The highest BCUT2D eigenvalue weighted by atomic mass is 127. The van der Waals surface area contributed by atoms with Gasteiger partial charge in [0.15, 0.2) is 5.71 Å². The maximum absolute atomic E-state index is 15.2. The predicted octanol–water partition coefficient (Wildman–Crippen LogP) is 7.00. The number of nitrogens with zero attached hydrogens (tertiary/aromatic N) is 2. The van der Waals surface area contributed by atoms with E-state index in [2.05, 4.69) is 10.3 Å². The number of oxime groups is 2. The summed E-state index contributed by atoms with van der Waals surface area (Å²) in [6.45, 7) is 3.74. The first-order valence-corrected chi connectivity index (χ1v) is 13.5. The maximum Gasteiger partial charge on any atom is 0.360 e. The Hall–Kier alpha value is -2.54. The van der Waals surface area contributed by atoms with Gasteiger partial charge >= 0.3 is 5.97 Å². The Morgan fingerprint density at radius 2 is 1.68 bits per heavy atom. The lowest BCUT2D eigenvalue weighted by molar-refractivity contribution is -0.132. The second-order valence-electron chi connectivity index (χ2n) is 8.21. The normalized spacial score (nSPS) is 12.3. The number of aryl methyl sites for hydroxylation is 1. The highest BCUT2D eigenvalue weighted by molar-refractivity contribution is 14.2. The monoisotopic (exact) mass is 728 g/mol. The average molecular weight is 728 g/mol. The molecule has 0 aliphatic heterocycles. The molecule has 0 saturated carbocycles. The third-order valence-corrected chi connectivity index (χ3v) is 6.83. The molecule has 3 aromatic carbocycles. The average Bonchev–Trinajstić information content (AvgIpc) is 2.88. The summed E-state index contributed by atoms with van der Waals surface area (Å²) in [6.07, 6.45) is 0.700. The molecule has 3 rings (SSSR count). The van der Waals surface area contributed by atoms with Crippen LogP contribution >= 0.6 is 45.2 Å². The summed E-state index contributed by atoms with van der Waals surface area (Å²) < 4.78 is 18.4. The smallest absolute Gasteiger partial charge is 0.360 e. The van der Waals surface area contributed by atoms with Crippen LogP contribution in [-0.2, 0) is 33.9 Å². The van der Waals surface area contributed by atoms with E-state index in [0.717, 1.165) is 16.7 Å². The van der Waals surface area contributed by atoms with Crippen LogP contribution in [0.15, 0.2) is 77.0 Å². The molecule has 0 heterocycles. The maximum atomic E-state index is 15.2. The first-order valence-electron chi connectivity index (χ1n) is 11.3. The van der Waals surface area contributed by atoms with E-state index < -0.39 is 7.65 Å². The van der Waals surface area contributed by atoms with Crippen molar-refractivity contribution in [2.75, 3.05) is 14.2 Å². The van der Waals surface area contributed by atoms with Gasteiger partial charge in [0.2, 0.25) is 1.68 Å². The van der Waals surface area contributed by atoms with Gasteiger partial charge < -0.3 is 14.4 Å². The molecule has 0 atom stereocenters. The zero-order valence-corrected chi connectivity index (χ0v) is 25.2. The van der Waals surface area contributed by atoms with E-state index in [1.807, 2.05) is 67.6 Å². The summed E-state index contributed by atoms with van der Waals surface area (Å²) in [5.74, 6) is -0.628. The van der Waals surface area contributed by atoms with Crippen LogP contribution in [0.5, 0.6) is 0 Å². The number of rotatable bonds is 10. The fraction of sp³-hybridized carbons (Fsp3) is 0.250.